The highest BCUT2D eigenvalue weighted by molar-refractivity contribution is 5.92. The summed E-state index contributed by atoms with van der Waals surface area (Å²) in [6.07, 6.45) is 1.81. The van der Waals surface area contributed by atoms with Crippen molar-refractivity contribution in [3.05, 3.63) is 89.0 Å². The van der Waals surface area contributed by atoms with Crippen molar-refractivity contribution < 1.29 is 14.3 Å². The number of nitrogens with zero attached hydrogens (tertiary/aromatic N) is 1. The molecular formula is C27H26N2O3. The molecule has 5 nitrogen and oxygen atoms in total. The van der Waals surface area contributed by atoms with Crippen molar-refractivity contribution in [3.63, 3.8) is 0 Å². The van der Waals surface area contributed by atoms with Crippen LogP contribution in [-0.2, 0) is 4.79 Å². The third kappa shape index (κ3) is 6.23. The lowest BCUT2D eigenvalue weighted by molar-refractivity contribution is -0.118. The molecule has 0 aliphatic heterocycles. The summed E-state index contributed by atoms with van der Waals surface area (Å²) in [5.74, 6) is 0.733. The van der Waals surface area contributed by atoms with Gasteiger partial charge in [0.2, 0.25) is 0 Å². The van der Waals surface area contributed by atoms with Crippen LogP contribution in [0.2, 0.25) is 0 Å². The molecule has 0 fully saturated rings. The first-order chi connectivity index (χ1) is 15.5. The molecule has 0 saturated carbocycles. The van der Waals surface area contributed by atoms with Gasteiger partial charge in [-0.25, -0.2) is 0 Å². The number of benzene rings is 3. The van der Waals surface area contributed by atoms with Gasteiger partial charge in [-0.15, -0.1) is 0 Å². The van der Waals surface area contributed by atoms with Crippen molar-refractivity contribution in [3.8, 4) is 17.6 Å². The number of rotatable bonds is 8. The number of nitriles is 1. The van der Waals surface area contributed by atoms with Gasteiger partial charge < -0.3 is 14.8 Å². The quantitative estimate of drug-likeness (QED) is 0.366. The van der Waals surface area contributed by atoms with Crippen LogP contribution in [-0.4, -0.2) is 19.1 Å². The molecule has 5 heteroatoms. The van der Waals surface area contributed by atoms with E-state index in [9.17, 15) is 10.1 Å². The summed E-state index contributed by atoms with van der Waals surface area (Å²) in [5.41, 5.74) is 5.14. The number of carbonyl (C=O) groups excluding carboxylic acids is 1. The highest BCUT2D eigenvalue weighted by Crippen LogP contribution is 2.30. The van der Waals surface area contributed by atoms with E-state index in [1.54, 1.807) is 12.1 Å². The van der Waals surface area contributed by atoms with Gasteiger partial charge in [-0.05, 0) is 67.8 Å². The number of allylic oxidation sites excluding steroid dienone is 1. The van der Waals surface area contributed by atoms with Gasteiger partial charge in [0.1, 0.15) is 0 Å². The molecule has 0 atom stereocenters. The molecule has 0 aliphatic rings. The van der Waals surface area contributed by atoms with E-state index < -0.39 is 0 Å². The standard InChI is InChI=1S/C27H26N2O3/c1-4-31-26-16-21(15-23(17-28)22-11-8-19(2)9-12-22)10-13-25(26)32-18-27(30)29-24-7-5-6-20(3)14-24/h5-16H,4,18H2,1-3H3,(H,29,30)/b23-15+. The van der Waals surface area contributed by atoms with Gasteiger partial charge in [0.25, 0.3) is 5.91 Å². The number of aryl methyl sites for hydroxylation is 2. The molecule has 0 radical (unpaired) electrons. The van der Waals surface area contributed by atoms with Gasteiger partial charge in [0, 0.05) is 5.69 Å². The zero-order valence-electron chi connectivity index (χ0n) is 18.5. The monoisotopic (exact) mass is 426 g/mol. The highest BCUT2D eigenvalue weighted by atomic mass is 16.5. The minimum absolute atomic E-state index is 0.143. The van der Waals surface area contributed by atoms with E-state index in [1.165, 1.54) is 0 Å². The Morgan fingerprint density at radius 1 is 0.969 bits per heavy atom. The van der Waals surface area contributed by atoms with Crippen LogP contribution in [0.4, 0.5) is 5.69 Å². The fourth-order valence-corrected chi connectivity index (χ4v) is 3.15. The normalized spacial score (nSPS) is 10.9. The Morgan fingerprint density at radius 3 is 2.44 bits per heavy atom. The molecule has 32 heavy (non-hydrogen) atoms. The smallest absolute Gasteiger partial charge is 0.262 e. The number of hydrogen-bond donors (Lipinski definition) is 1. The van der Waals surface area contributed by atoms with E-state index in [1.807, 2.05) is 81.4 Å². The maximum Gasteiger partial charge on any atom is 0.262 e. The van der Waals surface area contributed by atoms with E-state index in [0.29, 0.717) is 23.7 Å². The summed E-state index contributed by atoms with van der Waals surface area (Å²) in [6.45, 7) is 6.16. The minimum Gasteiger partial charge on any atom is -0.490 e. The maximum absolute atomic E-state index is 12.3. The lowest BCUT2D eigenvalue weighted by Crippen LogP contribution is -2.20. The summed E-state index contributed by atoms with van der Waals surface area (Å²) in [5, 5.41) is 12.4. The Labute approximate surface area is 188 Å². The largest absolute Gasteiger partial charge is 0.490 e. The third-order valence-corrected chi connectivity index (χ3v) is 4.72. The molecule has 3 aromatic carbocycles. The predicted octanol–water partition coefficient (Wildman–Crippen LogP) is 5.78. The molecule has 0 saturated heterocycles. The van der Waals surface area contributed by atoms with E-state index in [-0.39, 0.29) is 12.5 Å². The fourth-order valence-electron chi connectivity index (χ4n) is 3.15. The number of hydrogen-bond acceptors (Lipinski definition) is 4. The molecule has 0 bridgehead atoms. The first-order valence-electron chi connectivity index (χ1n) is 10.4. The molecule has 1 N–H and O–H groups in total. The predicted molar refractivity (Wildman–Crippen MR) is 128 cm³/mol. The SMILES string of the molecule is CCOc1cc(/C=C(\C#N)c2ccc(C)cc2)ccc1OCC(=O)Nc1cccc(C)c1. The van der Waals surface area contributed by atoms with Crippen molar-refractivity contribution in [2.24, 2.45) is 0 Å². The van der Waals surface area contributed by atoms with Crippen molar-refractivity contribution in [2.45, 2.75) is 20.8 Å². The number of anilines is 1. The minimum atomic E-state index is -0.256. The van der Waals surface area contributed by atoms with Gasteiger partial charge in [-0.2, -0.15) is 5.26 Å². The number of ether oxygens (including phenoxy) is 2. The molecule has 0 heterocycles. The summed E-state index contributed by atoms with van der Waals surface area (Å²) < 4.78 is 11.4. The second kappa shape index (κ2) is 10.8. The van der Waals surface area contributed by atoms with Gasteiger partial charge in [-0.1, -0.05) is 48.0 Å². The van der Waals surface area contributed by atoms with Crippen molar-refractivity contribution in [1.29, 1.82) is 5.26 Å². The van der Waals surface area contributed by atoms with Crippen LogP contribution in [0, 0.1) is 25.2 Å². The Morgan fingerprint density at radius 2 is 1.75 bits per heavy atom. The number of carbonyl (C=O) groups is 1. The van der Waals surface area contributed by atoms with Gasteiger partial charge in [0.05, 0.1) is 18.2 Å². The molecular weight excluding hydrogens is 400 g/mol. The second-order valence-corrected chi connectivity index (χ2v) is 7.38. The average molecular weight is 427 g/mol. The van der Waals surface area contributed by atoms with Crippen LogP contribution in [0.5, 0.6) is 11.5 Å². The van der Waals surface area contributed by atoms with Crippen LogP contribution in [0.3, 0.4) is 0 Å². The first kappa shape index (κ1) is 22.6. The van der Waals surface area contributed by atoms with E-state index in [4.69, 9.17) is 9.47 Å². The Bertz CT molecular complexity index is 1160. The van der Waals surface area contributed by atoms with Crippen molar-refractivity contribution in [1.82, 2.24) is 0 Å². The van der Waals surface area contributed by atoms with E-state index in [0.717, 1.165) is 27.9 Å². The lowest BCUT2D eigenvalue weighted by atomic mass is 10.0. The Hall–Kier alpha value is -4.04. The molecule has 0 spiro atoms. The maximum atomic E-state index is 12.3. The van der Waals surface area contributed by atoms with E-state index >= 15 is 0 Å². The van der Waals surface area contributed by atoms with Crippen LogP contribution >= 0.6 is 0 Å². The van der Waals surface area contributed by atoms with Crippen LogP contribution in [0.25, 0.3) is 11.6 Å². The topological polar surface area (TPSA) is 71.3 Å². The lowest BCUT2D eigenvalue weighted by Gasteiger charge is -2.13. The van der Waals surface area contributed by atoms with Crippen LogP contribution in [0.1, 0.15) is 29.2 Å². The first-order valence-corrected chi connectivity index (χ1v) is 10.4. The molecule has 3 rings (SSSR count). The summed E-state index contributed by atoms with van der Waals surface area (Å²) in [4.78, 5) is 12.3. The molecule has 0 unspecified atom stereocenters. The Kier molecular flexibility index (Phi) is 7.66. The third-order valence-electron chi connectivity index (χ3n) is 4.72. The summed E-state index contributed by atoms with van der Waals surface area (Å²) in [7, 11) is 0. The van der Waals surface area contributed by atoms with Crippen LogP contribution in [0.15, 0.2) is 66.7 Å². The molecule has 0 aliphatic carbocycles. The average Bonchev–Trinajstić information content (AvgIpc) is 2.78. The van der Waals surface area contributed by atoms with Gasteiger partial charge >= 0.3 is 0 Å². The van der Waals surface area contributed by atoms with Crippen molar-refractivity contribution in [2.75, 3.05) is 18.5 Å². The second-order valence-electron chi connectivity index (χ2n) is 7.38. The van der Waals surface area contributed by atoms with E-state index in [2.05, 4.69) is 11.4 Å². The van der Waals surface area contributed by atoms with Crippen LogP contribution < -0.4 is 14.8 Å². The van der Waals surface area contributed by atoms with Gasteiger partial charge in [-0.3, -0.25) is 4.79 Å². The zero-order chi connectivity index (χ0) is 22.9. The molecule has 1 amide bonds. The number of amides is 1. The van der Waals surface area contributed by atoms with Crippen molar-refractivity contribution >= 4 is 23.2 Å². The fraction of sp³-hybridized carbons (Fsp3) is 0.185. The van der Waals surface area contributed by atoms with Gasteiger partial charge in [0.15, 0.2) is 18.1 Å². The number of nitrogens with one attached hydrogen (secondary N) is 1. The molecule has 3 aromatic rings. The Balaban J connectivity index is 1.74. The highest BCUT2D eigenvalue weighted by Gasteiger charge is 2.10. The molecule has 162 valence electrons. The molecule has 0 aromatic heterocycles. The summed E-state index contributed by atoms with van der Waals surface area (Å²) in [6, 6.07) is 23.0. The summed E-state index contributed by atoms with van der Waals surface area (Å²) >= 11 is 0. The zero-order valence-corrected chi connectivity index (χ0v) is 18.5.